The number of carbonyl (C=O) groups excluding carboxylic acids is 3. The molecular weight excluding hydrogens is 238 g/mol. The number of nitrogens with zero attached hydrogens (tertiary/aromatic N) is 1. The van der Waals surface area contributed by atoms with Gasteiger partial charge < -0.3 is 16.2 Å². The van der Waals surface area contributed by atoms with E-state index in [0.29, 0.717) is 4.90 Å². The lowest BCUT2D eigenvalue weighted by atomic mass is 10.2. The maximum atomic E-state index is 11.8. The number of imide groups is 3. The summed E-state index contributed by atoms with van der Waals surface area (Å²) in [6, 6.07) is -2.00. The molecule has 0 aromatic rings. The first-order valence-electron chi connectivity index (χ1n) is 5.59. The van der Waals surface area contributed by atoms with Crippen molar-refractivity contribution in [3.63, 3.8) is 0 Å². The second-order valence-electron chi connectivity index (χ2n) is 5.07. The highest BCUT2D eigenvalue weighted by Crippen LogP contribution is 2.11. The van der Waals surface area contributed by atoms with Gasteiger partial charge in [-0.1, -0.05) is 0 Å². The molecule has 0 fully saturated rings. The molecule has 0 heterocycles. The lowest BCUT2D eigenvalue weighted by Gasteiger charge is -2.26. The number of rotatable bonds is 2. The van der Waals surface area contributed by atoms with Crippen LogP contribution >= 0.6 is 0 Å². The fraction of sp³-hybridized carbons (Fsp3) is 0.727. The third kappa shape index (κ3) is 4.80. The van der Waals surface area contributed by atoms with Crippen LogP contribution in [0.15, 0.2) is 0 Å². The second-order valence-corrected chi connectivity index (χ2v) is 5.07. The molecule has 7 heteroatoms. The van der Waals surface area contributed by atoms with Crippen molar-refractivity contribution in [2.75, 3.05) is 0 Å². The van der Waals surface area contributed by atoms with E-state index in [4.69, 9.17) is 16.2 Å². The SMILES string of the molecule is CC(N)C(=O)N(C(=O)OC(C)(C)C)C(=O)C(C)N. The molecular formula is C11H21N3O4. The molecule has 0 aliphatic heterocycles. The van der Waals surface area contributed by atoms with Crippen LogP contribution in [0.1, 0.15) is 34.6 Å². The maximum Gasteiger partial charge on any atom is 0.424 e. The number of amides is 3. The summed E-state index contributed by atoms with van der Waals surface area (Å²) < 4.78 is 4.98. The molecule has 7 nitrogen and oxygen atoms in total. The third-order valence-electron chi connectivity index (χ3n) is 1.80. The average Bonchev–Trinajstić information content (AvgIpc) is 2.14. The van der Waals surface area contributed by atoms with E-state index < -0.39 is 35.6 Å². The summed E-state index contributed by atoms with van der Waals surface area (Å²) in [7, 11) is 0. The molecule has 18 heavy (non-hydrogen) atoms. The van der Waals surface area contributed by atoms with E-state index in [9.17, 15) is 14.4 Å². The molecule has 4 N–H and O–H groups in total. The Morgan fingerprint density at radius 2 is 1.33 bits per heavy atom. The zero-order chi connectivity index (χ0) is 14.7. The number of hydrogen-bond acceptors (Lipinski definition) is 6. The van der Waals surface area contributed by atoms with Crippen molar-refractivity contribution in [1.29, 1.82) is 0 Å². The Balaban J connectivity index is 5.17. The molecule has 0 bridgehead atoms. The molecule has 0 rings (SSSR count). The van der Waals surface area contributed by atoms with E-state index in [1.165, 1.54) is 13.8 Å². The van der Waals surface area contributed by atoms with Crippen LogP contribution in [0.5, 0.6) is 0 Å². The molecule has 2 atom stereocenters. The van der Waals surface area contributed by atoms with Gasteiger partial charge in [0.05, 0.1) is 12.1 Å². The molecule has 0 aliphatic carbocycles. The summed E-state index contributed by atoms with van der Waals surface area (Å²) in [6.07, 6.45) is -1.06. The summed E-state index contributed by atoms with van der Waals surface area (Å²) in [4.78, 5) is 35.6. The topological polar surface area (TPSA) is 116 Å². The van der Waals surface area contributed by atoms with E-state index in [1.807, 2.05) is 0 Å². The van der Waals surface area contributed by atoms with Gasteiger partial charge in [-0.05, 0) is 34.6 Å². The van der Waals surface area contributed by atoms with Gasteiger partial charge in [-0.25, -0.2) is 4.79 Å². The van der Waals surface area contributed by atoms with Crippen LogP contribution in [0.3, 0.4) is 0 Å². The Hall–Kier alpha value is -1.47. The maximum absolute atomic E-state index is 11.8. The van der Waals surface area contributed by atoms with Gasteiger partial charge in [0.1, 0.15) is 5.60 Å². The fourth-order valence-electron chi connectivity index (χ4n) is 1.00. The molecule has 0 saturated heterocycles. The highest BCUT2D eigenvalue weighted by atomic mass is 16.6. The van der Waals surface area contributed by atoms with Gasteiger partial charge in [0.2, 0.25) is 0 Å². The van der Waals surface area contributed by atoms with Crippen LogP contribution in [0.4, 0.5) is 4.79 Å². The van der Waals surface area contributed by atoms with Gasteiger partial charge in [-0.3, -0.25) is 9.59 Å². The summed E-state index contributed by atoms with van der Waals surface area (Å²) >= 11 is 0. The predicted molar refractivity (Wildman–Crippen MR) is 65.4 cm³/mol. The zero-order valence-corrected chi connectivity index (χ0v) is 11.4. The van der Waals surface area contributed by atoms with Crippen LogP contribution in [0, 0.1) is 0 Å². The Kier molecular flexibility index (Phi) is 5.44. The van der Waals surface area contributed by atoms with Crippen molar-refractivity contribution in [3.8, 4) is 0 Å². The molecule has 0 aliphatic rings. The van der Waals surface area contributed by atoms with Gasteiger partial charge in [-0.2, -0.15) is 4.90 Å². The molecule has 0 aromatic carbocycles. The first-order valence-corrected chi connectivity index (χ1v) is 5.59. The lowest BCUT2D eigenvalue weighted by molar-refractivity contribution is -0.144. The quantitative estimate of drug-likeness (QED) is 0.719. The van der Waals surface area contributed by atoms with Crippen molar-refractivity contribution < 1.29 is 19.1 Å². The number of ether oxygens (including phenoxy) is 1. The molecule has 3 amide bonds. The minimum absolute atomic E-state index is 0.362. The van der Waals surface area contributed by atoms with Crippen LogP contribution in [0.25, 0.3) is 0 Å². The van der Waals surface area contributed by atoms with Gasteiger partial charge in [-0.15, -0.1) is 0 Å². The van der Waals surface area contributed by atoms with E-state index in [0.717, 1.165) is 0 Å². The summed E-state index contributed by atoms with van der Waals surface area (Å²) in [6.45, 7) is 7.60. The van der Waals surface area contributed by atoms with Crippen LogP contribution in [-0.4, -0.2) is 40.5 Å². The fourth-order valence-corrected chi connectivity index (χ4v) is 1.00. The second kappa shape index (κ2) is 5.92. The zero-order valence-electron chi connectivity index (χ0n) is 11.4. The first kappa shape index (κ1) is 16.5. The first-order chi connectivity index (χ1) is 7.97. The summed E-state index contributed by atoms with van der Waals surface area (Å²) in [5.41, 5.74) is 9.94. The van der Waals surface area contributed by atoms with Crippen molar-refractivity contribution in [2.24, 2.45) is 11.5 Å². The van der Waals surface area contributed by atoms with E-state index in [2.05, 4.69) is 0 Å². The number of nitrogens with two attached hydrogens (primary N) is 2. The van der Waals surface area contributed by atoms with E-state index in [-0.39, 0.29) is 0 Å². The minimum atomic E-state index is -1.06. The van der Waals surface area contributed by atoms with E-state index >= 15 is 0 Å². The highest BCUT2D eigenvalue weighted by molar-refractivity contribution is 6.11. The molecule has 104 valence electrons. The molecule has 0 saturated carbocycles. The third-order valence-corrected chi connectivity index (χ3v) is 1.80. The Morgan fingerprint density at radius 1 is 1.00 bits per heavy atom. The normalized spacial score (nSPS) is 14.6. The largest absolute Gasteiger partial charge is 0.443 e. The molecule has 2 unspecified atom stereocenters. The van der Waals surface area contributed by atoms with Crippen molar-refractivity contribution in [1.82, 2.24) is 4.90 Å². The highest BCUT2D eigenvalue weighted by Gasteiger charge is 2.35. The van der Waals surface area contributed by atoms with Gasteiger partial charge in [0, 0.05) is 0 Å². The smallest absolute Gasteiger partial charge is 0.424 e. The molecule has 0 radical (unpaired) electrons. The number of hydrogen-bond donors (Lipinski definition) is 2. The molecule has 0 spiro atoms. The Morgan fingerprint density at radius 3 is 1.56 bits per heavy atom. The summed E-state index contributed by atoms with van der Waals surface area (Å²) in [5.74, 6) is -1.68. The predicted octanol–water partition coefficient (Wildman–Crippen LogP) is -0.0289. The van der Waals surface area contributed by atoms with Crippen LogP contribution < -0.4 is 11.5 Å². The van der Waals surface area contributed by atoms with Crippen LogP contribution in [0.2, 0.25) is 0 Å². The summed E-state index contributed by atoms with van der Waals surface area (Å²) in [5, 5.41) is 0. The standard InChI is InChI=1S/C11H21N3O4/c1-6(12)8(15)14(9(16)7(2)13)10(17)18-11(3,4)5/h6-7H,12-13H2,1-5H3. The van der Waals surface area contributed by atoms with Gasteiger partial charge >= 0.3 is 6.09 Å². The lowest BCUT2D eigenvalue weighted by Crippen LogP contribution is -2.54. The van der Waals surface area contributed by atoms with Gasteiger partial charge in [0.25, 0.3) is 11.8 Å². The number of carbonyl (C=O) groups is 3. The van der Waals surface area contributed by atoms with Gasteiger partial charge in [0.15, 0.2) is 0 Å². The monoisotopic (exact) mass is 259 g/mol. The Bertz CT molecular complexity index is 325. The van der Waals surface area contributed by atoms with E-state index in [1.54, 1.807) is 20.8 Å². The van der Waals surface area contributed by atoms with Crippen molar-refractivity contribution in [3.05, 3.63) is 0 Å². The Labute approximate surface area is 106 Å². The van der Waals surface area contributed by atoms with Crippen molar-refractivity contribution in [2.45, 2.75) is 52.3 Å². The van der Waals surface area contributed by atoms with Crippen molar-refractivity contribution >= 4 is 17.9 Å². The minimum Gasteiger partial charge on any atom is -0.443 e. The van der Waals surface area contributed by atoms with Crippen LogP contribution in [-0.2, 0) is 14.3 Å². The average molecular weight is 259 g/mol. The molecule has 0 aromatic heterocycles.